The van der Waals surface area contributed by atoms with Gasteiger partial charge < -0.3 is 5.41 Å². The van der Waals surface area contributed by atoms with Crippen molar-refractivity contribution in [2.45, 2.75) is 33.1 Å². The molecule has 0 radical (unpaired) electrons. The Balaban J connectivity index is 3.19. The molecule has 0 aliphatic rings. The Kier molecular flexibility index (Phi) is 6.65. The standard InChI is InChI=1S/C18H22FN/c1-4-6-8-16(7-5-2)18(13-20)14(3)15-9-11-17(19)12-10-15/h6,8-13,20H,3-5,7H2,1-2H3/b8-6?,18-16-,20-13?. The van der Waals surface area contributed by atoms with Crippen LogP contribution in [0.15, 0.2) is 54.1 Å². The molecule has 0 saturated heterocycles. The third-order valence-electron chi connectivity index (χ3n) is 3.08. The fourth-order valence-corrected chi connectivity index (χ4v) is 2.02. The molecular formula is C18H22FN. The maximum absolute atomic E-state index is 13.0. The van der Waals surface area contributed by atoms with Gasteiger partial charge in [-0.25, -0.2) is 4.39 Å². The number of halogens is 1. The number of nitrogens with one attached hydrogen (secondary N) is 1. The van der Waals surface area contributed by atoms with Gasteiger partial charge in [-0.3, -0.25) is 0 Å². The quantitative estimate of drug-likeness (QED) is 0.496. The van der Waals surface area contributed by atoms with Crippen LogP contribution in [0.3, 0.4) is 0 Å². The van der Waals surface area contributed by atoms with E-state index in [-0.39, 0.29) is 5.82 Å². The van der Waals surface area contributed by atoms with E-state index in [4.69, 9.17) is 5.41 Å². The molecule has 0 atom stereocenters. The second-order valence-electron chi connectivity index (χ2n) is 4.63. The molecule has 0 aliphatic carbocycles. The zero-order valence-corrected chi connectivity index (χ0v) is 12.2. The summed E-state index contributed by atoms with van der Waals surface area (Å²) in [5.74, 6) is -0.262. The van der Waals surface area contributed by atoms with Gasteiger partial charge in [0.05, 0.1) is 0 Å². The minimum Gasteiger partial charge on any atom is -0.308 e. The van der Waals surface area contributed by atoms with Crippen LogP contribution in [0.4, 0.5) is 4.39 Å². The molecular weight excluding hydrogens is 249 g/mol. The predicted octanol–water partition coefficient (Wildman–Crippen LogP) is 5.55. The lowest BCUT2D eigenvalue weighted by Crippen LogP contribution is -1.96. The molecule has 1 aromatic carbocycles. The van der Waals surface area contributed by atoms with Crippen LogP contribution in [0, 0.1) is 11.2 Å². The maximum Gasteiger partial charge on any atom is 0.123 e. The molecule has 1 rings (SSSR count). The fraction of sp³-hybridized carbons (Fsp3) is 0.278. The van der Waals surface area contributed by atoms with Crippen molar-refractivity contribution in [3.63, 3.8) is 0 Å². The molecule has 0 spiro atoms. The zero-order chi connectivity index (χ0) is 15.0. The minimum absolute atomic E-state index is 0.262. The van der Waals surface area contributed by atoms with Crippen LogP contribution in [0.25, 0.3) is 5.57 Å². The summed E-state index contributed by atoms with van der Waals surface area (Å²) >= 11 is 0. The Labute approximate surface area is 121 Å². The zero-order valence-electron chi connectivity index (χ0n) is 12.2. The summed E-state index contributed by atoms with van der Waals surface area (Å²) in [5.41, 5.74) is 3.55. The highest BCUT2D eigenvalue weighted by Gasteiger charge is 2.08. The number of rotatable bonds is 7. The van der Waals surface area contributed by atoms with Gasteiger partial charge in [0.15, 0.2) is 0 Å². The summed E-state index contributed by atoms with van der Waals surface area (Å²) in [6.07, 6.45) is 8.38. The Bertz CT molecular complexity index is 521. The van der Waals surface area contributed by atoms with E-state index in [0.717, 1.165) is 41.5 Å². The van der Waals surface area contributed by atoms with Gasteiger partial charge >= 0.3 is 0 Å². The smallest absolute Gasteiger partial charge is 0.123 e. The van der Waals surface area contributed by atoms with Crippen molar-refractivity contribution >= 4 is 11.8 Å². The van der Waals surface area contributed by atoms with Gasteiger partial charge in [-0.05, 0) is 41.7 Å². The Morgan fingerprint density at radius 3 is 2.40 bits per heavy atom. The highest BCUT2D eigenvalue weighted by molar-refractivity contribution is 6.00. The number of hydrogen-bond donors (Lipinski definition) is 1. The van der Waals surface area contributed by atoms with Gasteiger partial charge in [-0.1, -0.05) is 51.1 Å². The van der Waals surface area contributed by atoms with Gasteiger partial charge in [-0.15, -0.1) is 0 Å². The van der Waals surface area contributed by atoms with E-state index in [1.165, 1.54) is 18.3 Å². The van der Waals surface area contributed by atoms with Gasteiger partial charge in [0, 0.05) is 11.8 Å². The van der Waals surface area contributed by atoms with Crippen molar-refractivity contribution in [3.8, 4) is 0 Å². The lowest BCUT2D eigenvalue weighted by molar-refractivity contribution is 0.627. The monoisotopic (exact) mass is 271 g/mol. The molecule has 0 aliphatic heterocycles. The van der Waals surface area contributed by atoms with Crippen LogP contribution in [0.5, 0.6) is 0 Å². The molecule has 0 saturated carbocycles. The highest BCUT2D eigenvalue weighted by Crippen LogP contribution is 2.25. The average molecular weight is 271 g/mol. The normalized spacial score (nSPS) is 12.3. The van der Waals surface area contributed by atoms with Gasteiger partial charge in [0.25, 0.3) is 0 Å². The Morgan fingerprint density at radius 1 is 1.25 bits per heavy atom. The van der Waals surface area contributed by atoms with Crippen molar-refractivity contribution in [3.05, 3.63) is 65.5 Å². The lowest BCUT2D eigenvalue weighted by Gasteiger charge is -2.11. The van der Waals surface area contributed by atoms with E-state index >= 15 is 0 Å². The average Bonchev–Trinajstić information content (AvgIpc) is 2.46. The second-order valence-corrected chi connectivity index (χ2v) is 4.63. The number of hydrogen-bond acceptors (Lipinski definition) is 1. The van der Waals surface area contributed by atoms with Crippen molar-refractivity contribution in [2.24, 2.45) is 0 Å². The summed E-state index contributed by atoms with van der Waals surface area (Å²) < 4.78 is 13.0. The molecule has 0 heterocycles. The predicted molar refractivity (Wildman–Crippen MR) is 85.6 cm³/mol. The maximum atomic E-state index is 13.0. The van der Waals surface area contributed by atoms with Crippen molar-refractivity contribution < 1.29 is 4.39 Å². The van der Waals surface area contributed by atoms with Gasteiger partial charge in [-0.2, -0.15) is 0 Å². The second kappa shape index (κ2) is 8.26. The molecule has 1 nitrogen and oxygen atoms in total. The lowest BCUT2D eigenvalue weighted by atomic mass is 9.93. The fourth-order valence-electron chi connectivity index (χ4n) is 2.02. The molecule has 1 N–H and O–H groups in total. The molecule has 2 heteroatoms. The van der Waals surface area contributed by atoms with E-state index in [1.807, 2.05) is 0 Å². The van der Waals surface area contributed by atoms with Crippen LogP contribution in [0.1, 0.15) is 38.7 Å². The largest absolute Gasteiger partial charge is 0.308 e. The first-order valence-electron chi connectivity index (χ1n) is 6.99. The van der Waals surface area contributed by atoms with Crippen molar-refractivity contribution in [2.75, 3.05) is 0 Å². The van der Waals surface area contributed by atoms with E-state index < -0.39 is 0 Å². The van der Waals surface area contributed by atoms with Crippen LogP contribution >= 0.6 is 0 Å². The molecule has 20 heavy (non-hydrogen) atoms. The van der Waals surface area contributed by atoms with Crippen LogP contribution in [-0.2, 0) is 0 Å². The first kappa shape index (κ1) is 16.1. The van der Waals surface area contributed by atoms with E-state index in [1.54, 1.807) is 12.1 Å². The Hall–Kier alpha value is -1.96. The van der Waals surface area contributed by atoms with Gasteiger partial charge in [0.2, 0.25) is 0 Å². The number of allylic oxidation sites excluding steroid dienone is 5. The van der Waals surface area contributed by atoms with Crippen molar-refractivity contribution in [1.82, 2.24) is 0 Å². The first-order chi connectivity index (χ1) is 9.63. The third-order valence-corrected chi connectivity index (χ3v) is 3.08. The van der Waals surface area contributed by atoms with Gasteiger partial charge in [0.1, 0.15) is 5.82 Å². The number of benzene rings is 1. The SMILES string of the molecule is C=C(/C(C=N)=C(\C=CCC)CCC)c1ccc(F)cc1. The molecule has 1 aromatic rings. The molecule has 0 fully saturated rings. The highest BCUT2D eigenvalue weighted by atomic mass is 19.1. The molecule has 0 bridgehead atoms. The summed E-state index contributed by atoms with van der Waals surface area (Å²) in [6.45, 7) is 8.27. The van der Waals surface area contributed by atoms with E-state index in [2.05, 4.69) is 32.6 Å². The third kappa shape index (κ3) is 4.30. The summed E-state index contributed by atoms with van der Waals surface area (Å²) in [7, 11) is 0. The summed E-state index contributed by atoms with van der Waals surface area (Å²) in [5, 5.41) is 7.67. The molecule has 0 aromatic heterocycles. The summed E-state index contributed by atoms with van der Waals surface area (Å²) in [6, 6.07) is 6.25. The molecule has 106 valence electrons. The molecule has 0 unspecified atom stereocenters. The van der Waals surface area contributed by atoms with Crippen LogP contribution in [0.2, 0.25) is 0 Å². The van der Waals surface area contributed by atoms with E-state index in [9.17, 15) is 4.39 Å². The Morgan fingerprint density at radius 2 is 1.90 bits per heavy atom. The van der Waals surface area contributed by atoms with Crippen LogP contribution in [-0.4, -0.2) is 6.21 Å². The minimum atomic E-state index is -0.262. The van der Waals surface area contributed by atoms with Crippen LogP contribution < -0.4 is 0 Å². The van der Waals surface area contributed by atoms with E-state index in [0.29, 0.717) is 0 Å². The van der Waals surface area contributed by atoms with Crippen molar-refractivity contribution in [1.29, 1.82) is 5.41 Å². The summed E-state index contributed by atoms with van der Waals surface area (Å²) in [4.78, 5) is 0. The topological polar surface area (TPSA) is 23.9 Å². The first-order valence-corrected chi connectivity index (χ1v) is 6.99. The molecule has 0 amide bonds.